The minimum absolute atomic E-state index is 0.166. The minimum atomic E-state index is -0.925. The fourth-order valence-corrected chi connectivity index (χ4v) is 3.24. The molecule has 3 aromatic rings. The Labute approximate surface area is 137 Å². The van der Waals surface area contributed by atoms with E-state index in [1.54, 1.807) is 18.4 Å². The Balaban J connectivity index is 1.81. The zero-order valence-electron chi connectivity index (χ0n) is 13.1. The number of rotatable bonds is 4. The molecule has 0 spiro atoms. The lowest BCUT2D eigenvalue weighted by atomic mass is 10.1. The van der Waals surface area contributed by atoms with E-state index in [0.29, 0.717) is 11.3 Å². The zero-order valence-corrected chi connectivity index (χ0v) is 13.9. The Morgan fingerprint density at radius 3 is 2.78 bits per heavy atom. The summed E-state index contributed by atoms with van der Waals surface area (Å²) in [5, 5.41) is 3.98. The number of H-pyrrole nitrogens is 1. The van der Waals surface area contributed by atoms with Gasteiger partial charge in [-0.2, -0.15) is 0 Å². The van der Waals surface area contributed by atoms with E-state index < -0.39 is 10.8 Å². The first kappa shape index (κ1) is 15.5. The summed E-state index contributed by atoms with van der Waals surface area (Å²) >= 11 is 0. The molecule has 0 aliphatic rings. The normalized spacial score (nSPS) is 12.3. The SMILES string of the molecule is Cc1cc2cc(NC(=O)c3cccc(C[S@@](C)=O)c3)ccc2[nH]1. The van der Waals surface area contributed by atoms with Gasteiger partial charge in [-0.3, -0.25) is 9.00 Å². The van der Waals surface area contributed by atoms with E-state index in [-0.39, 0.29) is 5.91 Å². The molecule has 0 radical (unpaired) electrons. The molecule has 1 heterocycles. The predicted molar refractivity (Wildman–Crippen MR) is 95.2 cm³/mol. The summed E-state index contributed by atoms with van der Waals surface area (Å²) < 4.78 is 11.3. The van der Waals surface area contributed by atoms with Crippen LogP contribution in [0.1, 0.15) is 21.6 Å². The first-order valence-electron chi connectivity index (χ1n) is 7.31. The summed E-state index contributed by atoms with van der Waals surface area (Å²) in [6, 6.07) is 15.1. The minimum Gasteiger partial charge on any atom is -0.359 e. The quantitative estimate of drug-likeness (QED) is 0.769. The number of aromatic amines is 1. The van der Waals surface area contributed by atoms with Gasteiger partial charge in [0, 0.05) is 50.7 Å². The smallest absolute Gasteiger partial charge is 0.255 e. The van der Waals surface area contributed by atoms with E-state index in [1.807, 2.05) is 43.3 Å². The van der Waals surface area contributed by atoms with E-state index in [1.165, 1.54) is 0 Å². The Kier molecular flexibility index (Phi) is 4.30. The molecule has 0 fully saturated rings. The van der Waals surface area contributed by atoms with Crippen LogP contribution in [0.4, 0.5) is 5.69 Å². The number of aromatic nitrogens is 1. The monoisotopic (exact) mass is 326 g/mol. The maximum atomic E-state index is 12.4. The van der Waals surface area contributed by atoms with Gasteiger partial charge in [0.05, 0.1) is 0 Å². The molecule has 1 amide bonds. The highest BCUT2D eigenvalue weighted by atomic mass is 32.2. The van der Waals surface area contributed by atoms with E-state index in [0.717, 1.165) is 27.8 Å². The van der Waals surface area contributed by atoms with Crippen LogP contribution in [-0.4, -0.2) is 21.4 Å². The number of nitrogens with one attached hydrogen (secondary N) is 2. The molecule has 23 heavy (non-hydrogen) atoms. The third kappa shape index (κ3) is 3.68. The van der Waals surface area contributed by atoms with Crippen molar-refractivity contribution in [3.05, 3.63) is 65.4 Å². The van der Waals surface area contributed by atoms with Crippen molar-refractivity contribution in [2.45, 2.75) is 12.7 Å². The van der Waals surface area contributed by atoms with Crippen molar-refractivity contribution in [3.8, 4) is 0 Å². The standard InChI is InChI=1S/C18H18N2O2S/c1-12-8-15-10-16(6-7-17(15)19-12)20-18(21)14-5-3-4-13(9-14)11-23(2)22/h3-10,19H,11H2,1-2H3,(H,20,21)/t23-/m1/s1. The van der Waals surface area contributed by atoms with Crippen LogP contribution in [0.25, 0.3) is 10.9 Å². The molecule has 1 aromatic heterocycles. The van der Waals surface area contributed by atoms with Crippen LogP contribution < -0.4 is 5.32 Å². The van der Waals surface area contributed by atoms with Gasteiger partial charge in [0.25, 0.3) is 5.91 Å². The van der Waals surface area contributed by atoms with Gasteiger partial charge in [-0.25, -0.2) is 0 Å². The molecule has 0 saturated heterocycles. The maximum Gasteiger partial charge on any atom is 0.255 e. The molecule has 2 aromatic carbocycles. The van der Waals surface area contributed by atoms with Crippen molar-refractivity contribution < 1.29 is 9.00 Å². The van der Waals surface area contributed by atoms with Crippen molar-refractivity contribution >= 4 is 33.3 Å². The summed E-state index contributed by atoms with van der Waals surface area (Å²) in [7, 11) is -0.925. The second kappa shape index (κ2) is 6.38. The number of hydrogen-bond acceptors (Lipinski definition) is 2. The zero-order chi connectivity index (χ0) is 16.4. The number of amides is 1. The van der Waals surface area contributed by atoms with Crippen molar-refractivity contribution in [2.75, 3.05) is 11.6 Å². The second-order valence-electron chi connectivity index (χ2n) is 5.63. The summed E-state index contributed by atoms with van der Waals surface area (Å²) in [5.74, 6) is 0.288. The van der Waals surface area contributed by atoms with E-state index in [4.69, 9.17) is 0 Å². The molecule has 2 N–H and O–H groups in total. The van der Waals surface area contributed by atoms with Gasteiger partial charge in [-0.15, -0.1) is 0 Å². The number of benzene rings is 2. The lowest BCUT2D eigenvalue weighted by Gasteiger charge is -2.07. The second-order valence-corrected chi connectivity index (χ2v) is 7.06. The van der Waals surface area contributed by atoms with Crippen LogP contribution in [0.2, 0.25) is 0 Å². The van der Waals surface area contributed by atoms with Crippen LogP contribution in [0.5, 0.6) is 0 Å². The highest BCUT2D eigenvalue weighted by Crippen LogP contribution is 2.20. The molecule has 0 bridgehead atoms. The highest BCUT2D eigenvalue weighted by molar-refractivity contribution is 7.83. The van der Waals surface area contributed by atoms with Gasteiger partial charge >= 0.3 is 0 Å². The Morgan fingerprint density at radius 1 is 1.17 bits per heavy atom. The molecular formula is C18H18N2O2S. The fraction of sp³-hybridized carbons (Fsp3) is 0.167. The fourth-order valence-electron chi connectivity index (χ4n) is 2.60. The van der Waals surface area contributed by atoms with E-state index in [9.17, 15) is 9.00 Å². The Hall–Kier alpha value is -2.40. The number of hydrogen-bond donors (Lipinski definition) is 2. The largest absolute Gasteiger partial charge is 0.359 e. The third-order valence-corrected chi connectivity index (χ3v) is 4.31. The molecule has 118 valence electrons. The molecule has 0 saturated carbocycles. The topological polar surface area (TPSA) is 62.0 Å². The number of carbonyl (C=O) groups is 1. The first-order chi connectivity index (χ1) is 11.0. The molecule has 0 aliphatic carbocycles. The first-order valence-corrected chi connectivity index (χ1v) is 9.04. The third-order valence-electron chi connectivity index (χ3n) is 3.57. The van der Waals surface area contributed by atoms with Crippen LogP contribution in [-0.2, 0) is 16.6 Å². The van der Waals surface area contributed by atoms with E-state index in [2.05, 4.69) is 10.3 Å². The average molecular weight is 326 g/mol. The highest BCUT2D eigenvalue weighted by Gasteiger charge is 2.08. The summed E-state index contributed by atoms with van der Waals surface area (Å²) in [4.78, 5) is 15.7. The number of aryl methyl sites for hydroxylation is 1. The number of fused-ring (bicyclic) bond motifs is 1. The van der Waals surface area contributed by atoms with Crippen LogP contribution >= 0.6 is 0 Å². The maximum absolute atomic E-state index is 12.4. The van der Waals surface area contributed by atoms with Gasteiger partial charge in [-0.05, 0) is 48.9 Å². The van der Waals surface area contributed by atoms with Gasteiger partial charge in [0.1, 0.15) is 0 Å². The molecule has 1 atom stereocenters. The predicted octanol–water partition coefficient (Wildman–Crippen LogP) is 3.61. The van der Waals surface area contributed by atoms with Crippen LogP contribution in [0, 0.1) is 6.92 Å². The lowest BCUT2D eigenvalue weighted by Crippen LogP contribution is -2.12. The molecule has 4 nitrogen and oxygen atoms in total. The molecule has 0 aliphatic heterocycles. The van der Waals surface area contributed by atoms with Crippen molar-refractivity contribution in [1.29, 1.82) is 0 Å². The van der Waals surface area contributed by atoms with Crippen LogP contribution in [0.3, 0.4) is 0 Å². The van der Waals surface area contributed by atoms with Crippen molar-refractivity contribution in [1.82, 2.24) is 4.98 Å². The number of carbonyl (C=O) groups excluding carboxylic acids is 1. The van der Waals surface area contributed by atoms with E-state index >= 15 is 0 Å². The Bertz CT molecular complexity index is 899. The lowest BCUT2D eigenvalue weighted by molar-refractivity contribution is 0.102. The molecule has 3 rings (SSSR count). The van der Waals surface area contributed by atoms with Crippen molar-refractivity contribution in [3.63, 3.8) is 0 Å². The Morgan fingerprint density at radius 2 is 2.00 bits per heavy atom. The molecule has 5 heteroatoms. The van der Waals surface area contributed by atoms with Gasteiger partial charge < -0.3 is 10.3 Å². The van der Waals surface area contributed by atoms with Gasteiger partial charge in [0.15, 0.2) is 0 Å². The average Bonchev–Trinajstić information content (AvgIpc) is 2.86. The summed E-state index contributed by atoms with van der Waals surface area (Å²) in [6.45, 7) is 2.00. The van der Waals surface area contributed by atoms with Gasteiger partial charge in [0.2, 0.25) is 0 Å². The number of anilines is 1. The molecule has 0 unspecified atom stereocenters. The van der Waals surface area contributed by atoms with Gasteiger partial charge in [-0.1, -0.05) is 12.1 Å². The van der Waals surface area contributed by atoms with Crippen molar-refractivity contribution in [2.24, 2.45) is 0 Å². The molecular weight excluding hydrogens is 308 g/mol. The van der Waals surface area contributed by atoms with Crippen LogP contribution in [0.15, 0.2) is 48.5 Å². The summed E-state index contributed by atoms with van der Waals surface area (Å²) in [6.07, 6.45) is 1.65. The summed E-state index contributed by atoms with van der Waals surface area (Å²) in [5.41, 5.74) is 4.36.